The molecule has 0 amide bonds. The molecule has 0 atom stereocenters. The van der Waals surface area contributed by atoms with Crippen molar-refractivity contribution in [3.05, 3.63) is 64.7 Å². The minimum absolute atomic E-state index is 0.00801. The molecule has 0 saturated carbocycles. The van der Waals surface area contributed by atoms with Crippen LogP contribution in [0.15, 0.2) is 42.5 Å². The molecular weight excluding hydrogens is 276 g/mol. The van der Waals surface area contributed by atoms with E-state index in [2.05, 4.69) is 0 Å². The zero-order chi connectivity index (χ0) is 16.1. The third-order valence-electron chi connectivity index (χ3n) is 3.82. The lowest BCUT2D eigenvalue weighted by Gasteiger charge is -2.07. The number of methoxy groups -OCH3 is 1. The first-order valence-electron chi connectivity index (χ1n) is 7.29. The van der Waals surface area contributed by atoms with Crippen LogP contribution in [0.2, 0.25) is 0 Å². The molecule has 22 heavy (non-hydrogen) atoms. The van der Waals surface area contributed by atoms with Gasteiger partial charge in [-0.05, 0) is 43.2 Å². The summed E-state index contributed by atoms with van der Waals surface area (Å²) < 4.78 is 5.18. The number of hydrogen-bond acceptors (Lipinski definition) is 3. The first kappa shape index (κ1) is 16.0. The molecule has 0 unspecified atom stereocenters. The fraction of sp³-hybridized carbons (Fsp3) is 0.263. The van der Waals surface area contributed by atoms with Crippen molar-refractivity contribution in [1.82, 2.24) is 0 Å². The van der Waals surface area contributed by atoms with Crippen molar-refractivity contribution in [3.63, 3.8) is 0 Å². The van der Waals surface area contributed by atoms with Crippen LogP contribution in [-0.2, 0) is 0 Å². The molecule has 0 aliphatic rings. The number of hydrogen-bond donors (Lipinski definition) is 0. The van der Waals surface area contributed by atoms with Crippen molar-refractivity contribution in [1.29, 1.82) is 0 Å². The van der Waals surface area contributed by atoms with Gasteiger partial charge in [-0.1, -0.05) is 24.3 Å². The SMILES string of the molecule is COc1ccccc1C(=O)CCC(=O)c1ccc(C)c(C)c1. The van der Waals surface area contributed by atoms with Crippen LogP contribution in [0.25, 0.3) is 0 Å². The van der Waals surface area contributed by atoms with Gasteiger partial charge in [0.25, 0.3) is 0 Å². The van der Waals surface area contributed by atoms with Crippen molar-refractivity contribution in [3.8, 4) is 5.75 Å². The van der Waals surface area contributed by atoms with E-state index >= 15 is 0 Å². The molecule has 0 bridgehead atoms. The van der Waals surface area contributed by atoms with Crippen LogP contribution in [0.3, 0.4) is 0 Å². The Morgan fingerprint density at radius 2 is 1.59 bits per heavy atom. The average Bonchev–Trinajstić information content (AvgIpc) is 2.54. The van der Waals surface area contributed by atoms with Crippen molar-refractivity contribution in [2.45, 2.75) is 26.7 Å². The molecule has 0 N–H and O–H groups in total. The largest absolute Gasteiger partial charge is 0.496 e. The van der Waals surface area contributed by atoms with Gasteiger partial charge in [0.05, 0.1) is 12.7 Å². The number of ether oxygens (including phenoxy) is 1. The van der Waals surface area contributed by atoms with Crippen LogP contribution in [0.1, 0.15) is 44.7 Å². The van der Waals surface area contributed by atoms with Gasteiger partial charge < -0.3 is 4.74 Å². The third kappa shape index (κ3) is 3.61. The topological polar surface area (TPSA) is 43.4 Å². The molecule has 0 spiro atoms. The summed E-state index contributed by atoms with van der Waals surface area (Å²) in [5.41, 5.74) is 3.43. The molecule has 114 valence electrons. The molecule has 3 nitrogen and oxygen atoms in total. The van der Waals surface area contributed by atoms with Crippen molar-refractivity contribution in [2.75, 3.05) is 7.11 Å². The quantitative estimate of drug-likeness (QED) is 0.752. The lowest BCUT2D eigenvalue weighted by Crippen LogP contribution is -2.07. The van der Waals surface area contributed by atoms with Crippen LogP contribution in [-0.4, -0.2) is 18.7 Å². The summed E-state index contributed by atoms with van der Waals surface area (Å²) in [7, 11) is 1.53. The minimum atomic E-state index is -0.0744. The minimum Gasteiger partial charge on any atom is -0.496 e. The van der Waals surface area contributed by atoms with E-state index in [1.54, 1.807) is 18.2 Å². The second kappa shape index (κ2) is 7.03. The van der Waals surface area contributed by atoms with E-state index in [1.165, 1.54) is 7.11 Å². The van der Waals surface area contributed by atoms with Gasteiger partial charge in [-0.2, -0.15) is 0 Å². The summed E-state index contributed by atoms with van der Waals surface area (Å²) in [6.07, 6.45) is 0.394. The number of rotatable bonds is 6. The Hall–Kier alpha value is -2.42. The van der Waals surface area contributed by atoms with Crippen LogP contribution in [0, 0.1) is 13.8 Å². The molecule has 0 aromatic heterocycles. The Labute approximate surface area is 130 Å². The molecule has 0 aliphatic carbocycles. The Morgan fingerprint density at radius 3 is 2.27 bits per heavy atom. The zero-order valence-corrected chi connectivity index (χ0v) is 13.2. The first-order chi connectivity index (χ1) is 10.5. The standard InChI is InChI=1S/C19H20O3/c1-13-8-9-15(12-14(13)2)17(20)10-11-18(21)16-6-4-5-7-19(16)22-3/h4-9,12H,10-11H2,1-3H3. The fourth-order valence-corrected chi connectivity index (χ4v) is 2.30. The number of para-hydroxylation sites is 1. The molecular formula is C19H20O3. The smallest absolute Gasteiger partial charge is 0.167 e. The lowest BCUT2D eigenvalue weighted by atomic mass is 9.98. The molecule has 0 aliphatic heterocycles. The van der Waals surface area contributed by atoms with Crippen LogP contribution in [0.5, 0.6) is 5.75 Å². The van der Waals surface area contributed by atoms with Gasteiger partial charge in [-0.15, -0.1) is 0 Å². The van der Waals surface area contributed by atoms with E-state index in [0.29, 0.717) is 16.9 Å². The predicted octanol–water partition coefficient (Wildman–Crippen LogP) is 4.16. The Bertz CT molecular complexity index is 702. The molecule has 2 rings (SSSR count). The maximum absolute atomic E-state index is 12.2. The van der Waals surface area contributed by atoms with Gasteiger partial charge in [0, 0.05) is 18.4 Å². The Balaban J connectivity index is 2.04. The normalized spacial score (nSPS) is 10.3. The van der Waals surface area contributed by atoms with E-state index in [0.717, 1.165) is 11.1 Å². The molecule has 3 heteroatoms. The zero-order valence-electron chi connectivity index (χ0n) is 13.2. The van der Waals surface area contributed by atoms with E-state index in [4.69, 9.17) is 4.74 Å². The highest BCUT2D eigenvalue weighted by Gasteiger charge is 2.14. The number of ketones is 2. The van der Waals surface area contributed by atoms with E-state index in [9.17, 15) is 9.59 Å². The highest BCUT2D eigenvalue weighted by atomic mass is 16.5. The summed E-state index contributed by atoms with van der Waals surface area (Å²) in [4.78, 5) is 24.5. The molecule has 0 fully saturated rings. The maximum Gasteiger partial charge on any atom is 0.167 e. The summed E-state index contributed by atoms with van der Waals surface area (Å²) in [6, 6.07) is 12.7. The maximum atomic E-state index is 12.2. The summed E-state index contributed by atoms with van der Waals surface area (Å²) in [5, 5.41) is 0. The monoisotopic (exact) mass is 296 g/mol. The van der Waals surface area contributed by atoms with Crippen molar-refractivity contribution >= 4 is 11.6 Å². The van der Waals surface area contributed by atoms with E-state index in [1.807, 2.05) is 38.1 Å². The molecule has 0 heterocycles. The second-order valence-corrected chi connectivity index (χ2v) is 5.35. The number of aryl methyl sites for hydroxylation is 2. The molecule has 2 aromatic carbocycles. The summed E-state index contributed by atoms with van der Waals surface area (Å²) >= 11 is 0. The number of Topliss-reactive ketones (excluding diaryl/α,β-unsaturated/α-hetero) is 2. The average molecular weight is 296 g/mol. The second-order valence-electron chi connectivity index (χ2n) is 5.35. The van der Waals surface area contributed by atoms with Gasteiger partial charge in [-0.3, -0.25) is 9.59 Å². The number of benzene rings is 2. The van der Waals surface area contributed by atoms with Crippen LogP contribution >= 0.6 is 0 Å². The van der Waals surface area contributed by atoms with E-state index in [-0.39, 0.29) is 24.4 Å². The number of carbonyl (C=O) groups is 2. The summed E-state index contributed by atoms with van der Waals surface area (Å²) in [6.45, 7) is 3.99. The lowest BCUT2D eigenvalue weighted by molar-refractivity contribution is 0.0916. The molecule has 0 saturated heterocycles. The first-order valence-corrected chi connectivity index (χ1v) is 7.29. The van der Waals surface area contributed by atoms with Crippen molar-refractivity contribution in [2.24, 2.45) is 0 Å². The number of carbonyl (C=O) groups excluding carboxylic acids is 2. The Morgan fingerprint density at radius 1 is 0.909 bits per heavy atom. The molecule has 2 aromatic rings. The summed E-state index contributed by atoms with van der Waals surface area (Å²) in [5.74, 6) is 0.465. The van der Waals surface area contributed by atoms with Crippen molar-refractivity contribution < 1.29 is 14.3 Å². The third-order valence-corrected chi connectivity index (χ3v) is 3.82. The predicted molar refractivity (Wildman–Crippen MR) is 86.8 cm³/mol. The van der Waals surface area contributed by atoms with Crippen LogP contribution in [0.4, 0.5) is 0 Å². The van der Waals surface area contributed by atoms with Gasteiger partial charge in [0.15, 0.2) is 11.6 Å². The van der Waals surface area contributed by atoms with Gasteiger partial charge >= 0.3 is 0 Å². The Kier molecular flexibility index (Phi) is 5.10. The fourth-order valence-electron chi connectivity index (χ4n) is 2.30. The van der Waals surface area contributed by atoms with E-state index < -0.39 is 0 Å². The highest BCUT2D eigenvalue weighted by molar-refractivity contribution is 6.03. The molecule has 0 radical (unpaired) electrons. The van der Waals surface area contributed by atoms with Gasteiger partial charge in [0.1, 0.15) is 5.75 Å². The van der Waals surface area contributed by atoms with Crippen LogP contribution < -0.4 is 4.74 Å². The van der Waals surface area contributed by atoms with Gasteiger partial charge in [0.2, 0.25) is 0 Å². The van der Waals surface area contributed by atoms with Gasteiger partial charge in [-0.25, -0.2) is 0 Å². The highest BCUT2D eigenvalue weighted by Crippen LogP contribution is 2.20.